The minimum Gasteiger partial charge on any atom is -0.329 e. The normalized spacial score (nSPS) is 11.9. The van der Waals surface area contributed by atoms with Crippen molar-refractivity contribution in [1.29, 1.82) is 0 Å². The van der Waals surface area contributed by atoms with Gasteiger partial charge in [0.2, 0.25) is 0 Å². The molecule has 0 unspecified atom stereocenters. The van der Waals surface area contributed by atoms with E-state index in [2.05, 4.69) is 0 Å². The van der Waals surface area contributed by atoms with Gasteiger partial charge in [-0.05, 0) is 17.7 Å². The van der Waals surface area contributed by atoms with Crippen molar-refractivity contribution in [2.24, 2.45) is 11.5 Å². The second-order valence-corrected chi connectivity index (χ2v) is 2.39. The number of nitrogens with two attached hydrogens (primary N) is 2. The molecule has 0 amide bonds. The Bertz CT molecular complexity index is 225. The van der Waals surface area contributed by atoms with E-state index < -0.39 is 0 Å². The van der Waals surface area contributed by atoms with Crippen molar-refractivity contribution >= 4 is 12.4 Å². The Balaban J connectivity index is 0.00000121. The summed E-state index contributed by atoms with van der Waals surface area (Å²) in [6.45, 7) is 0.381. The molecule has 0 saturated carbocycles. The molecule has 0 fully saturated rings. The van der Waals surface area contributed by atoms with Crippen molar-refractivity contribution in [2.45, 2.75) is 6.04 Å². The minimum atomic E-state index is -0.252. The van der Waals surface area contributed by atoms with Gasteiger partial charge in [-0.1, -0.05) is 12.1 Å². The van der Waals surface area contributed by atoms with Gasteiger partial charge in [0, 0.05) is 12.6 Å². The first-order chi connectivity index (χ1) is 5.24. The lowest BCUT2D eigenvalue weighted by atomic mass is 10.1. The molecule has 0 bridgehead atoms. The van der Waals surface area contributed by atoms with E-state index in [4.69, 9.17) is 11.5 Å². The molecule has 0 aliphatic rings. The van der Waals surface area contributed by atoms with Crippen LogP contribution >= 0.6 is 12.4 Å². The fourth-order valence-corrected chi connectivity index (χ4v) is 0.846. The molecule has 68 valence electrons. The summed E-state index contributed by atoms with van der Waals surface area (Å²) in [6.07, 6.45) is 0. The molecule has 12 heavy (non-hydrogen) atoms. The van der Waals surface area contributed by atoms with E-state index in [9.17, 15) is 4.39 Å². The second kappa shape index (κ2) is 5.09. The molecular formula is C8H12ClFN2. The number of benzene rings is 1. The summed E-state index contributed by atoms with van der Waals surface area (Å²) in [5, 5.41) is 0. The molecule has 0 saturated heterocycles. The van der Waals surface area contributed by atoms with E-state index in [0.29, 0.717) is 6.54 Å². The van der Waals surface area contributed by atoms with Gasteiger partial charge in [0.1, 0.15) is 5.82 Å². The highest BCUT2D eigenvalue weighted by atomic mass is 35.5. The van der Waals surface area contributed by atoms with Crippen LogP contribution in [0.15, 0.2) is 24.3 Å². The maximum absolute atomic E-state index is 12.4. The van der Waals surface area contributed by atoms with Crippen LogP contribution in [0.3, 0.4) is 0 Å². The highest BCUT2D eigenvalue weighted by Gasteiger charge is 2.01. The van der Waals surface area contributed by atoms with Gasteiger partial charge in [-0.3, -0.25) is 0 Å². The summed E-state index contributed by atoms with van der Waals surface area (Å²) in [7, 11) is 0. The van der Waals surface area contributed by atoms with Crippen LogP contribution in [-0.4, -0.2) is 6.54 Å². The summed E-state index contributed by atoms with van der Waals surface area (Å²) < 4.78 is 12.4. The first kappa shape index (κ1) is 11.4. The molecule has 0 heterocycles. The first-order valence-electron chi connectivity index (χ1n) is 3.45. The topological polar surface area (TPSA) is 52.0 Å². The van der Waals surface area contributed by atoms with Crippen LogP contribution in [0.5, 0.6) is 0 Å². The number of hydrogen-bond acceptors (Lipinski definition) is 2. The lowest BCUT2D eigenvalue weighted by Gasteiger charge is -2.07. The molecule has 0 spiro atoms. The monoisotopic (exact) mass is 190 g/mol. The standard InChI is InChI=1S/C8H11FN2.ClH/c9-7-3-1-6(2-4-7)8(11)5-10;/h1-4,8H,5,10-11H2;1H/t8-;/m0./s1. The zero-order valence-electron chi connectivity index (χ0n) is 6.53. The van der Waals surface area contributed by atoms with Crippen molar-refractivity contribution in [1.82, 2.24) is 0 Å². The molecule has 0 radical (unpaired) electrons. The third-order valence-electron chi connectivity index (χ3n) is 1.55. The Morgan fingerprint density at radius 2 is 1.75 bits per heavy atom. The van der Waals surface area contributed by atoms with Crippen LogP contribution < -0.4 is 11.5 Å². The van der Waals surface area contributed by atoms with Gasteiger partial charge in [0.05, 0.1) is 0 Å². The Hall–Kier alpha value is -0.640. The van der Waals surface area contributed by atoms with Crippen LogP contribution in [0.1, 0.15) is 11.6 Å². The average Bonchev–Trinajstić information content (AvgIpc) is 2.05. The Morgan fingerprint density at radius 3 is 2.17 bits per heavy atom. The highest BCUT2D eigenvalue weighted by Crippen LogP contribution is 2.08. The molecule has 0 aliphatic heterocycles. The van der Waals surface area contributed by atoms with Crippen molar-refractivity contribution < 1.29 is 4.39 Å². The summed E-state index contributed by atoms with van der Waals surface area (Å²) >= 11 is 0. The van der Waals surface area contributed by atoms with Crippen LogP contribution in [0, 0.1) is 5.82 Å². The van der Waals surface area contributed by atoms with E-state index in [1.807, 2.05) is 0 Å². The van der Waals surface area contributed by atoms with Gasteiger partial charge in [0.25, 0.3) is 0 Å². The minimum absolute atomic E-state index is 0. The number of halogens is 2. The van der Waals surface area contributed by atoms with E-state index >= 15 is 0 Å². The van der Waals surface area contributed by atoms with Crippen molar-refractivity contribution in [3.8, 4) is 0 Å². The van der Waals surface area contributed by atoms with Gasteiger partial charge < -0.3 is 11.5 Å². The third-order valence-corrected chi connectivity index (χ3v) is 1.55. The Morgan fingerprint density at radius 1 is 1.25 bits per heavy atom. The summed E-state index contributed by atoms with van der Waals surface area (Å²) in [6, 6.07) is 5.87. The predicted octanol–water partition coefficient (Wildman–Crippen LogP) is 1.21. The largest absolute Gasteiger partial charge is 0.329 e. The van der Waals surface area contributed by atoms with Crippen molar-refractivity contribution in [3.63, 3.8) is 0 Å². The van der Waals surface area contributed by atoms with Crippen molar-refractivity contribution in [2.75, 3.05) is 6.54 Å². The average molecular weight is 191 g/mol. The van der Waals surface area contributed by atoms with Crippen molar-refractivity contribution in [3.05, 3.63) is 35.6 Å². The zero-order valence-corrected chi connectivity index (χ0v) is 7.35. The van der Waals surface area contributed by atoms with Crippen LogP contribution in [0.25, 0.3) is 0 Å². The second-order valence-electron chi connectivity index (χ2n) is 2.39. The molecular weight excluding hydrogens is 179 g/mol. The molecule has 1 aromatic rings. The van der Waals surface area contributed by atoms with Gasteiger partial charge in [-0.15, -0.1) is 12.4 Å². The van der Waals surface area contributed by atoms with Gasteiger partial charge in [-0.25, -0.2) is 4.39 Å². The maximum Gasteiger partial charge on any atom is 0.123 e. The molecule has 1 aromatic carbocycles. The SMILES string of the molecule is Cl.NC[C@H](N)c1ccc(F)cc1. The summed E-state index contributed by atoms with van der Waals surface area (Å²) in [5.74, 6) is -0.252. The molecule has 0 aromatic heterocycles. The molecule has 0 aliphatic carbocycles. The maximum atomic E-state index is 12.4. The quantitative estimate of drug-likeness (QED) is 0.737. The molecule has 1 atom stereocenters. The number of hydrogen-bond donors (Lipinski definition) is 2. The zero-order chi connectivity index (χ0) is 8.27. The van der Waals surface area contributed by atoms with E-state index in [1.54, 1.807) is 12.1 Å². The molecule has 4 N–H and O–H groups in total. The van der Waals surface area contributed by atoms with E-state index in [0.717, 1.165) is 5.56 Å². The lowest BCUT2D eigenvalue weighted by Crippen LogP contribution is -2.20. The first-order valence-corrected chi connectivity index (χ1v) is 3.45. The van der Waals surface area contributed by atoms with E-state index in [-0.39, 0.29) is 24.3 Å². The van der Waals surface area contributed by atoms with Crippen LogP contribution in [0.4, 0.5) is 4.39 Å². The van der Waals surface area contributed by atoms with Gasteiger partial charge >= 0.3 is 0 Å². The molecule has 4 heteroatoms. The fourth-order valence-electron chi connectivity index (χ4n) is 0.846. The smallest absolute Gasteiger partial charge is 0.123 e. The Kier molecular flexibility index (Phi) is 4.81. The van der Waals surface area contributed by atoms with Gasteiger partial charge in [0.15, 0.2) is 0 Å². The van der Waals surface area contributed by atoms with Crippen LogP contribution in [-0.2, 0) is 0 Å². The van der Waals surface area contributed by atoms with Gasteiger partial charge in [-0.2, -0.15) is 0 Å². The highest BCUT2D eigenvalue weighted by molar-refractivity contribution is 5.85. The summed E-state index contributed by atoms with van der Waals surface area (Å²) in [5.41, 5.74) is 11.8. The van der Waals surface area contributed by atoms with Crippen LogP contribution in [0.2, 0.25) is 0 Å². The Labute approximate surface area is 77.2 Å². The molecule has 1 rings (SSSR count). The fraction of sp³-hybridized carbons (Fsp3) is 0.250. The summed E-state index contributed by atoms with van der Waals surface area (Å²) in [4.78, 5) is 0. The molecule has 2 nitrogen and oxygen atoms in total. The third kappa shape index (κ3) is 2.77. The van der Waals surface area contributed by atoms with E-state index in [1.165, 1.54) is 12.1 Å². The lowest BCUT2D eigenvalue weighted by molar-refractivity contribution is 0.625. The predicted molar refractivity (Wildman–Crippen MR) is 49.6 cm³/mol. The number of rotatable bonds is 2.